The van der Waals surface area contributed by atoms with E-state index in [0.717, 1.165) is 23.7 Å². The highest BCUT2D eigenvalue weighted by Gasteiger charge is 2.37. The fourth-order valence-electron chi connectivity index (χ4n) is 2.27. The van der Waals surface area contributed by atoms with E-state index in [2.05, 4.69) is 13.8 Å². The average Bonchev–Trinajstić information content (AvgIpc) is 2.70. The van der Waals surface area contributed by atoms with Crippen molar-refractivity contribution in [2.75, 3.05) is 0 Å². The Hall–Kier alpha value is 0. The van der Waals surface area contributed by atoms with Gasteiger partial charge in [-0.15, -0.1) is 0 Å². The average molecular weight is 138 g/mol. The Morgan fingerprint density at radius 3 is 2.30 bits per heavy atom. The third kappa shape index (κ3) is 1.09. The Morgan fingerprint density at radius 1 is 1.20 bits per heavy atom. The summed E-state index contributed by atoms with van der Waals surface area (Å²) in [5.41, 5.74) is 0. The van der Waals surface area contributed by atoms with E-state index in [9.17, 15) is 0 Å². The normalized spacial score (nSPS) is 46.8. The van der Waals surface area contributed by atoms with Crippen LogP contribution in [0, 0.1) is 23.7 Å². The maximum absolute atomic E-state index is 2.43. The fourth-order valence-corrected chi connectivity index (χ4v) is 2.27. The molecule has 0 aromatic carbocycles. The van der Waals surface area contributed by atoms with Crippen LogP contribution in [0.2, 0.25) is 0 Å². The smallest absolute Gasteiger partial charge is 0.0381 e. The Morgan fingerprint density at radius 2 is 1.90 bits per heavy atom. The first-order valence-electron chi connectivity index (χ1n) is 4.77. The van der Waals surface area contributed by atoms with Crippen LogP contribution in [0.25, 0.3) is 0 Å². The molecule has 0 aromatic rings. The molecule has 2 saturated carbocycles. The summed E-state index contributed by atoms with van der Waals surface area (Å²) in [5.74, 6) is 4.34. The molecule has 0 aromatic heterocycles. The molecule has 2 rings (SSSR count). The van der Waals surface area contributed by atoms with E-state index < -0.39 is 0 Å². The van der Waals surface area contributed by atoms with Crippen molar-refractivity contribution in [3.63, 3.8) is 0 Å². The minimum Gasteiger partial charge on any atom is -0.0622 e. The second-order valence-electron chi connectivity index (χ2n) is 4.51. The van der Waals surface area contributed by atoms with E-state index in [1.807, 2.05) is 0 Å². The summed E-state index contributed by atoms with van der Waals surface area (Å²) in [7, 11) is 0. The van der Waals surface area contributed by atoms with E-state index in [4.69, 9.17) is 0 Å². The summed E-state index contributed by atoms with van der Waals surface area (Å²) in [6.45, 7) is 4.83. The first-order chi connectivity index (χ1) is 4.77. The van der Waals surface area contributed by atoms with Gasteiger partial charge in [-0.1, -0.05) is 26.7 Å². The van der Waals surface area contributed by atoms with Gasteiger partial charge in [0, 0.05) is 0 Å². The third-order valence-corrected chi connectivity index (χ3v) is 3.65. The van der Waals surface area contributed by atoms with Crippen molar-refractivity contribution in [1.82, 2.24) is 0 Å². The first kappa shape index (κ1) is 6.69. The molecule has 0 radical (unpaired) electrons. The molecule has 0 amide bonds. The SMILES string of the molecule is CC1CC(CC2CC2)C1C. The van der Waals surface area contributed by atoms with Gasteiger partial charge in [-0.05, 0) is 36.5 Å². The minimum absolute atomic E-state index is 1.03. The minimum atomic E-state index is 1.03. The lowest BCUT2D eigenvalue weighted by molar-refractivity contribution is 0.0899. The molecule has 10 heavy (non-hydrogen) atoms. The molecule has 0 heteroatoms. The van der Waals surface area contributed by atoms with Gasteiger partial charge < -0.3 is 0 Å². The maximum atomic E-state index is 2.43. The van der Waals surface area contributed by atoms with Crippen LogP contribution in [-0.2, 0) is 0 Å². The van der Waals surface area contributed by atoms with Crippen LogP contribution >= 0.6 is 0 Å². The molecule has 0 N–H and O–H groups in total. The number of rotatable bonds is 2. The van der Waals surface area contributed by atoms with Crippen molar-refractivity contribution in [2.24, 2.45) is 23.7 Å². The molecule has 3 unspecified atom stereocenters. The molecular formula is C10H18. The lowest BCUT2D eigenvalue weighted by atomic mass is 9.65. The number of hydrogen-bond acceptors (Lipinski definition) is 0. The highest BCUT2D eigenvalue weighted by Crippen LogP contribution is 2.47. The molecule has 2 aliphatic carbocycles. The van der Waals surface area contributed by atoms with Gasteiger partial charge in [-0.2, -0.15) is 0 Å². The van der Waals surface area contributed by atoms with Crippen LogP contribution < -0.4 is 0 Å². The molecule has 0 aliphatic heterocycles. The van der Waals surface area contributed by atoms with Crippen molar-refractivity contribution in [2.45, 2.75) is 39.5 Å². The Labute approximate surface area is 64.0 Å². The van der Waals surface area contributed by atoms with Crippen LogP contribution in [0.4, 0.5) is 0 Å². The molecular weight excluding hydrogens is 120 g/mol. The summed E-state index contributed by atoms with van der Waals surface area (Å²) < 4.78 is 0. The maximum Gasteiger partial charge on any atom is -0.0381 e. The van der Waals surface area contributed by atoms with E-state index in [0.29, 0.717) is 0 Å². The zero-order valence-corrected chi connectivity index (χ0v) is 7.14. The van der Waals surface area contributed by atoms with Gasteiger partial charge in [-0.25, -0.2) is 0 Å². The predicted molar refractivity (Wildman–Crippen MR) is 43.8 cm³/mol. The van der Waals surface area contributed by atoms with Gasteiger partial charge >= 0.3 is 0 Å². The van der Waals surface area contributed by atoms with Gasteiger partial charge in [0.1, 0.15) is 0 Å². The van der Waals surface area contributed by atoms with Gasteiger partial charge in [0.2, 0.25) is 0 Å². The van der Waals surface area contributed by atoms with Gasteiger partial charge in [-0.3, -0.25) is 0 Å². The summed E-state index contributed by atoms with van der Waals surface area (Å²) in [4.78, 5) is 0. The topological polar surface area (TPSA) is 0 Å². The second kappa shape index (κ2) is 2.25. The molecule has 2 fully saturated rings. The van der Waals surface area contributed by atoms with Crippen molar-refractivity contribution < 1.29 is 0 Å². The molecule has 0 nitrogen and oxygen atoms in total. The third-order valence-electron chi connectivity index (χ3n) is 3.65. The number of hydrogen-bond donors (Lipinski definition) is 0. The quantitative estimate of drug-likeness (QED) is 0.550. The van der Waals surface area contributed by atoms with Crippen LogP contribution in [0.5, 0.6) is 0 Å². The van der Waals surface area contributed by atoms with E-state index in [1.165, 1.54) is 19.3 Å². The molecule has 0 saturated heterocycles. The van der Waals surface area contributed by atoms with Crippen LogP contribution in [0.15, 0.2) is 0 Å². The van der Waals surface area contributed by atoms with Gasteiger partial charge in [0.05, 0.1) is 0 Å². The summed E-state index contributed by atoms with van der Waals surface area (Å²) in [6, 6.07) is 0. The van der Waals surface area contributed by atoms with Crippen molar-refractivity contribution in [1.29, 1.82) is 0 Å². The lowest BCUT2D eigenvalue weighted by Crippen LogP contribution is -2.32. The monoisotopic (exact) mass is 138 g/mol. The van der Waals surface area contributed by atoms with Crippen molar-refractivity contribution in [3.8, 4) is 0 Å². The zero-order chi connectivity index (χ0) is 7.14. The molecule has 2 aliphatic rings. The summed E-state index contributed by atoms with van der Waals surface area (Å²) in [6.07, 6.45) is 6.17. The molecule has 0 spiro atoms. The Bertz CT molecular complexity index is 124. The second-order valence-corrected chi connectivity index (χ2v) is 4.51. The summed E-state index contributed by atoms with van der Waals surface area (Å²) in [5, 5.41) is 0. The van der Waals surface area contributed by atoms with Crippen LogP contribution in [-0.4, -0.2) is 0 Å². The molecule has 3 atom stereocenters. The Kier molecular flexibility index (Phi) is 1.51. The van der Waals surface area contributed by atoms with E-state index in [1.54, 1.807) is 6.42 Å². The van der Waals surface area contributed by atoms with Crippen molar-refractivity contribution in [3.05, 3.63) is 0 Å². The van der Waals surface area contributed by atoms with Gasteiger partial charge in [0.15, 0.2) is 0 Å². The highest BCUT2D eigenvalue weighted by molar-refractivity contribution is 4.88. The predicted octanol–water partition coefficient (Wildman–Crippen LogP) is 3.08. The van der Waals surface area contributed by atoms with Crippen LogP contribution in [0.3, 0.4) is 0 Å². The Balaban J connectivity index is 1.74. The highest BCUT2D eigenvalue weighted by atomic mass is 14.4. The lowest BCUT2D eigenvalue weighted by Gasteiger charge is -2.41. The molecule has 58 valence electrons. The zero-order valence-electron chi connectivity index (χ0n) is 7.14. The standard InChI is InChI=1S/C10H18/c1-7-5-10(8(7)2)6-9-3-4-9/h7-10H,3-6H2,1-2H3. The van der Waals surface area contributed by atoms with Crippen LogP contribution in [0.1, 0.15) is 39.5 Å². The van der Waals surface area contributed by atoms with E-state index >= 15 is 0 Å². The molecule has 0 heterocycles. The largest absolute Gasteiger partial charge is 0.0622 e. The van der Waals surface area contributed by atoms with Gasteiger partial charge in [0.25, 0.3) is 0 Å². The molecule has 0 bridgehead atoms. The van der Waals surface area contributed by atoms with Crippen molar-refractivity contribution >= 4 is 0 Å². The summed E-state index contributed by atoms with van der Waals surface area (Å²) >= 11 is 0. The fraction of sp³-hybridized carbons (Fsp3) is 1.00. The first-order valence-corrected chi connectivity index (χ1v) is 4.77. The van der Waals surface area contributed by atoms with E-state index in [-0.39, 0.29) is 0 Å².